The molecular formula is C21H15NS. The van der Waals surface area contributed by atoms with Crippen LogP contribution in [0.3, 0.4) is 0 Å². The molecule has 0 saturated carbocycles. The van der Waals surface area contributed by atoms with E-state index in [2.05, 4.69) is 77.1 Å². The van der Waals surface area contributed by atoms with Gasteiger partial charge in [0.2, 0.25) is 0 Å². The molecule has 0 aliphatic heterocycles. The zero-order chi connectivity index (χ0) is 15.5. The molecule has 0 aliphatic rings. The fourth-order valence-electron chi connectivity index (χ4n) is 2.75. The van der Waals surface area contributed by atoms with Crippen molar-refractivity contribution >= 4 is 11.3 Å². The van der Waals surface area contributed by atoms with Crippen LogP contribution in [0.2, 0.25) is 0 Å². The molecule has 4 rings (SSSR count). The monoisotopic (exact) mass is 313 g/mol. The van der Waals surface area contributed by atoms with Crippen molar-refractivity contribution in [2.45, 2.75) is 0 Å². The number of hydrogen-bond acceptors (Lipinski definition) is 2. The lowest BCUT2D eigenvalue weighted by molar-refractivity contribution is 1.33. The maximum atomic E-state index is 4.60. The predicted molar refractivity (Wildman–Crippen MR) is 98.4 cm³/mol. The summed E-state index contributed by atoms with van der Waals surface area (Å²) in [7, 11) is 0. The van der Waals surface area contributed by atoms with Crippen molar-refractivity contribution in [1.82, 2.24) is 4.98 Å². The SMILES string of the molecule is c1ccc(-c2csc(-c3ccccc3)c2-c2ccccn2)cc1. The quantitative estimate of drug-likeness (QED) is 0.442. The smallest absolute Gasteiger partial charge is 0.0722 e. The van der Waals surface area contributed by atoms with Gasteiger partial charge in [-0.3, -0.25) is 4.98 Å². The molecule has 23 heavy (non-hydrogen) atoms. The second-order valence-electron chi connectivity index (χ2n) is 5.30. The van der Waals surface area contributed by atoms with E-state index < -0.39 is 0 Å². The van der Waals surface area contributed by atoms with Gasteiger partial charge in [0.25, 0.3) is 0 Å². The first kappa shape index (κ1) is 13.9. The van der Waals surface area contributed by atoms with E-state index in [9.17, 15) is 0 Å². The molecule has 2 aromatic carbocycles. The van der Waals surface area contributed by atoms with Crippen molar-refractivity contribution in [2.24, 2.45) is 0 Å². The summed E-state index contributed by atoms with van der Waals surface area (Å²) in [6.45, 7) is 0. The normalized spacial score (nSPS) is 10.6. The van der Waals surface area contributed by atoms with E-state index in [4.69, 9.17) is 0 Å². The molecule has 2 heterocycles. The number of aromatic nitrogens is 1. The Kier molecular flexibility index (Phi) is 3.75. The van der Waals surface area contributed by atoms with E-state index in [1.54, 1.807) is 11.3 Å². The van der Waals surface area contributed by atoms with Crippen LogP contribution < -0.4 is 0 Å². The highest BCUT2D eigenvalue weighted by Crippen LogP contribution is 2.43. The first-order valence-electron chi connectivity index (χ1n) is 7.57. The topological polar surface area (TPSA) is 12.9 Å². The van der Waals surface area contributed by atoms with Gasteiger partial charge in [0.1, 0.15) is 0 Å². The summed E-state index contributed by atoms with van der Waals surface area (Å²) in [6.07, 6.45) is 1.86. The number of rotatable bonds is 3. The van der Waals surface area contributed by atoms with E-state index >= 15 is 0 Å². The summed E-state index contributed by atoms with van der Waals surface area (Å²) in [5.74, 6) is 0. The van der Waals surface area contributed by atoms with E-state index in [-0.39, 0.29) is 0 Å². The Morgan fingerprint density at radius 1 is 0.652 bits per heavy atom. The van der Waals surface area contributed by atoms with E-state index in [0.29, 0.717) is 0 Å². The largest absolute Gasteiger partial charge is 0.256 e. The molecule has 4 aromatic rings. The fraction of sp³-hybridized carbons (Fsp3) is 0. The maximum Gasteiger partial charge on any atom is 0.0722 e. The van der Waals surface area contributed by atoms with Crippen molar-refractivity contribution in [3.8, 4) is 32.8 Å². The molecule has 110 valence electrons. The molecule has 0 bridgehead atoms. The van der Waals surface area contributed by atoms with E-state index in [0.717, 1.165) is 5.69 Å². The summed E-state index contributed by atoms with van der Waals surface area (Å²) in [5.41, 5.74) is 5.94. The second kappa shape index (κ2) is 6.19. The van der Waals surface area contributed by atoms with Crippen LogP contribution >= 0.6 is 11.3 Å². The van der Waals surface area contributed by atoms with Crippen molar-refractivity contribution < 1.29 is 0 Å². The Balaban J connectivity index is 1.97. The van der Waals surface area contributed by atoms with Crippen LogP contribution in [0.4, 0.5) is 0 Å². The highest BCUT2D eigenvalue weighted by molar-refractivity contribution is 7.14. The molecule has 2 aromatic heterocycles. The van der Waals surface area contributed by atoms with Gasteiger partial charge in [-0.2, -0.15) is 0 Å². The molecule has 0 amide bonds. The lowest BCUT2D eigenvalue weighted by Crippen LogP contribution is -1.86. The first-order valence-corrected chi connectivity index (χ1v) is 8.45. The van der Waals surface area contributed by atoms with Crippen LogP contribution in [0.1, 0.15) is 0 Å². The van der Waals surface area contributed by atoms with E-state index in [1.165, 1.54) is 27.1 Å². The predicted octanol–water partition coefficient (Wildman–Crippen LogP) is 6.14. The lowest BCUT2D eigenvalue weighted by atomic mass is 9.98. The summed E-state index contributed by atoms with van der Waals surface area (Å²) >= 11 is 1.78. The number of thiophene rings is 1. The van der Waals surface area contributed by atoms with Crippen molar-refractivity contribution in [1.29, 1.82) is 0 Å². The average molecular weight is 313 g/mol. The Hall–Kier alpha value is -2.71. The minimum absolute atomic E-state index is 1.02. The van der Waals surface area contributed by atoms with Gasteiger partial charge in [-0.05, 0) is 28.6 Å². The van der Waals surface area contributed by atoms with Gasteiger partial charge in [-0.25, -0.2) is 0 Å². The Morgan fingerprint density at radius 2 is 1.30 bits per heavy atom. The second-order valence-corrected chi connectivity index (χ2v) is 6.18. The molecule has 0 aliphatic carbocycles. The average Bonchev–Trinajstić information content (AvgIpc) is 3.09. The molecule has 0 fully saturated rings. The molecule has 2 heteroatoms. The molecule has 0 spiro atoms. The van der Waals surface area contributed by atoms with Gasteiger partial charge in [-0.1, -0.05) is 66.7 Å². The molecular weight excluding hydrogens is 298 g/mol. The zero-order valence-corrected chi connectivity index (χ0v) is 13.3. The van der Waals surface area contributed by atoms with Crippen LogP contribution in [0.5, 0.6) is 0 Å². The van der Waals surface area contributed by atoms with Gasteiger partial charge >= 0.3 is 0 Å². The third-order valence-electron chi connectivity index (χ3n) is 3.83. The van der Waals surface area contributed by atoms with Gasteiger partial charge in [0.05, 0.1) is 5.69 Å². The number of pyridine rings is 1. The molecule has 0 unspecified atom stereocenters. The van der Waals surface area contributed by atoms with Crippen LogP contribution in [0.25, 0.3) is 32.8 Å². The van der Waals surface area contributed by atoms with E-state index in [1.807, 2.05) is 18.3 Å². The first-order chi connectivity index (χ1) is 11.4. The molecule has 0 saturated heterocycles. The Morgan fingerprint density at radius 3 is 1.96 bits per heavy atom. The zero-order valence-electron chi connectivity index (χ0n) is 12.5. The van der Waals surface area contributed by atoms with Crippen molar-refractivity contribution in [2.75, 3.05) is 0 Å². The van der Waals surface area contributed by atoms with Crippen LogP contribution in [0, 0.1) is 0 Å². The highest BCUT2D eigenvalue weighted by atomic mass is 32.1. The Bertz CT molecular complexity index is 840. The summed E-state index contributed by atoms with van der Waals surface area (Å²) < 4.78 is 0. The third-order valence-corrected chi connectivity index (χ3v) is 4.86. The summed E-state index contributed by atoms with van der Waals surface area (Å²) in [6, 6.07) is 27.1. The third kappa shape index (κ3) is 2.69. The minimum Gasteiger partial charge on any atom is -0.256 e. The molecule has 0 atom stereocenters. The summed E-state index contributed by atoms with van der Waals surface area (Å²) in [4.78, 5) is 5.87. The molecule has 0 radical (unpaired) electrons. The van der Waals surface area contributed by atoms with Crippen molar-refractivity contribution in [3.05, 3.63) is 90.4 Å². The maximum absolute atomic E-state index is 4.60. The van der Waals surface area contributed by atoms with Gasteiger partial charge < -0.3 is 0 Å². The number of hydrogen-bond donors (Lipinski definition) is 0. The Labute approximate surface area is 139 Å². The highest BCUT2D eigenvalue weighted by Gasteiger charge is 2.17. The summed E-state index contributed by atoms with van der Waals surface area (Å²) in [5, 5.41) is 2.24. The number of nitrogens with zero attached hydrogens (tertiary/aromatic N) is 1. The van der Waals surface area contributed by atoms with Crippen molar-refractivity contribution in [3.63, 3.8) is 0 Å². The molecule has 0 N–H and O–H groups in total. The molecule has 1 nitrogen and oxygen atoms in total. The fourth-order valence-corrected chi connectivity index (χ4v) is 3.85. The van der Waals surface area contributed by atoms with Gasteiger partial charge in [0.15, 0.2) is 0 Å². The number of benzene rings is 2. The van der Waals surface area contributed by atoms with Crippen LogP contribution in [-0.4, -0.2) is 4.98 Å². The van der Waals surface area contributed by atoms with Crippen LogP contribution in [-0.2, 0) is 0 Å². The standard InChI is InChI=1S/C21H15NS/c1-3-9-16(10-4-1)18-15-23-21(17-11-5-2-6-12-17)20(18)19-13-7-8-14-22-19/h1-15H. The minimum atomic E-state index is 1.02. The lowest BCUT2D eigenvalue weighted by Gasteiger charge is -2.08. The van der Waals surface area contributed by atoms with Crippen LogP contribution in [0.15, 0.2) is 90.4 Å². The van der Waals surface area contributed by atoms with Gasteiger partial charge in [-0.15, -0.1) is 11.3 Å². The van der Waals surface area contributed by atoms with Gasteiger partial charge in [0, 0.05) is 22.2 Å².